The average molecular weight is 286 g/mol. The number of nitrogens with one attached hydrogen (secondary N) is 1. The third-order valence-corrected chi connectivity index (χ3v) is 3.76. The zero-order chi connectivity index (χ0) is 15.1. The molecule has 1 aromatic rings. The zero-order valence-electron chi connectivity index (χ0n) is 12.4. The molecule has 1 aliphatic rings. The van der Waals surface area contributed by atoms with E-state index in [1.54, 1.807) is 12.1 Å². The van der Waals surface area contributed by atoms with E-state index in [-0.39, 0.29) is 18.6 Å². The van der Waals surface area contributed by atoms with Crippen molar-refractivity contribution >= 4 is 5.91 Å². The standard InChI is InChI=1S/C17H22N2O2/c1-2-19-11-5-9-15(13-19)18-17(21)16-10-4-3-7-14(16)8-6-12-20/h3-4,7,10,15,20H,2,5,9,11-13H2,1H3,(H,18,21). The second-order valence-corrected chi connectivity index (χ2v) is 5.21. The quantitative estimate of drug-likeness (QED) is 0.822. The van der Waals surface area contributed by atoms with Gasteiger partial charge in [0.05, 0.1) is 5.56 Å². The minimum atomic E-state index is -0.204. The van der Waals surface area contributed by atoms with Crippen LogP contribution < -0.4 is 5.32 Å². The van der Waals surface area contributed by atoms with Crippen LogP contribution >= 0.6 is 0 Å². The number of piperidine rings is 1. The summed E-state index contributed by atoms with van der Waals surface area (Å²) in [6.07, 6.45) is 2.14. The van der Waals surface area contributed by atoms with Crippen molar-refractivity contribution in [3.8, 4) is 11.8 Å². The molecule has 1 fully saturated rings. The molecule has 2 N–H and O–H groups in total. The van der Waals surface area contributed by atoms with Gasteiger partial charge in [-0.15, -0.1) is 0 Å². The second kappa shape index (κ2) is 7.82. The van der Waals surface area contributed by atoms with E-state index < -0.39 is 0 Å². The predicted molar refractivity (Wildman–Crippen MR) is 83.0 cm³/mol. The molecule has 2 rings (SSSR count). The maximum Gasteiger partial charge on any atom is 0.252 e. The van der Waals surface area contributed by atoms with Crippen molar-refractivity contribution in [3.63, 3.8) is 0 Å². The summed E-state index contributed by atoms with van der Waals surface area (Å²) in [6.45, 7) is 4.98. The third-order valence-electron chi connectivity index (χ3n) is 3.76. The molecule has 4 heteroatoms. The number of carbonyl (C=O) groups excluding carboxylic acids is 1. The normalized spacial score (nSPS) is 18.7. The Morgan fingerprint density at radius 1 is 1.48 bits per heavy atom. The number of aliphatic hydroxyl groups is 1. The molecule has 1 amide bonds. The van der Waals surface area contributed by atoms with Crippen molar-refractivity contribution in [3.05, 3.63) is 35.4 Å². The van der Waals surface area contributed by atoms with Crippen LogP contribution in [0.3, 0.4) is 0 Å². The summed E-state index contributed by atoms with van der Waals surface area (Å²) in [5.41, 5.74) is 1.24. The van der Waals surface area contributed by atoms with Gasteiger partial charge >= 0.3 is 0 Å². The highest BCUT2D eigenvalue weighted by molar-refractivity contribution is 5.96. The minimum Gasteiger partial charge on any atom is -0.384 e. The van der Waals surface area contributed by atoms with Gasteiger partial charge in [0, 0.05) is 18.2 Å². The molecule has 112 valence electrons. The molecule has 1 aromatic carbocycles. The number of rotatable bonds is 3. The van der Waals surface area contributed by atoms with Crippen LogP contribution in [0.2, 0.25) is 0 Å². The topological polar surface area (TPSA) is 52.6 Å². The molecule has 21 heavy (non-hydrogen) atoms. The lowest BCUT2D eigenvalue weighted by atomic mass is 10.0. The van der Waals surface area contributed by atoms with Gasteiger partial charge in [0.25, 0.3) is 5.91 Å². The van der Waals surface area contributed by atoms with Crippen molar-refractivity contribution < 1.29 is 9.90 Å². The monoisotopic (exact) mass is 286 g/mol. The Balaban J connectivity index is 2.06. The van der Waals surface area contributed by atoms with Gasteiger partial charge in [-0.25, -0.2) is 0 Å². The lowest BCUT2D eigenvalue weighted by Crippen LogP contribution is -2.47. The molecule has 0 radical (unpaired) electrons. The van der Waals surface area contributed by atoms with Crippen LogP contribution in [0.1, 0.15) is 35.7 Å². The van der Waals surface area contributed by atoms with Crippen LogP contribution in [-0.2, 0) is 0 Å². The lowest BCUT2D eigenvalue weighted by Gasteiger charge is -2.32. The third kappa shape index (κ3) is 4.32. The summed E-state index contributed by atoms with van der Waals surface area (Å²) in [4.78, 5) is 14.8. The molecule has 0 saturated carbocycles. The Morgan fingerprint density at radius 2 is 2.29 bits per heavy atom. The molecule has 1 saturated heterocycles. The first-order chi connectivity index (χ1) is 10.2. The van der Waals surface area contributed by atoms with Gasteiger partial charge in [0.15, 0.2) is 0 Å². The van der Waals surface area contributed by atoms with Crippen LogP contribution in [0, 0.1) is 11.8 Å². The van der Waals surface area contributed by atoms with Crippen LogP contribution in [0.5, 0.6) is 0 Å². The van der Waals surface area contributed by atoms with Crippen LogP contribution in [0.4, 0.5) is 0 Å². The number of likely N-dealkylation sites (N-methyl/N-ethyl adjacent to an activating group) is 1. The number of hydrogen-bond acceptors (Lipinski definition) is 3. The largest absolute Gasteiger partial charge is 0.384 e. The molecule has 1 aliphatic heterocycles. The fourth-order valence-corrected chi connectivity index (χ4v) is 2.65. The molecule has 1 atom stereocenters. The molecule has 0 spiro atoms. The summed E-state index contributed by atoms with van der Waals surface area (Å²) in [5, 5.41) is 11.9. The minimum absolute atomic E-state index is 0.0826. The van der Waals surface area contributed by atoms with Gasteiger partial charge in [-0.05, 0) is 38.1 Å². The highest BCUT2D eigenvalue weighted by Crippen LogP contribution is 2.12. The van der Waals surface area contributed by atoms with E-state index in [0.29, 0.717) is 11.1 Å². The van der Waals surface area contributed by atoms with Crippen LogP contribution in [0.15, 0.2) is 24.3 Å². The molecule has 1 heterocycles. The predicted octanol–water partition coefficient (Wildman–Crippen LogP) is 1.24. The lowest BCUT2D eigenvalue weighted by molar-refractivity contribution is 0.0905. The first kappa shape index (κ1) is 15.6. The van der Waals surface area contributed by atoms with Crippen molar-refractivity contribution in [2.24, 2.45) is 0 Å². The number of likely N-dealkylation sites (tertiary alicyclic amines) is 1. The molecular formula is C17H22N2O2. The number of nitrogens with zero attached hydrogens (tertiary/aromatic N) is 1. The van der Waals surface area contributed by atoms with E-state index in [1.165, 1.54) is 0 Å². The van der Waals surface area contributed by atoms with Gasteiger partial charge in [0.1, 0.15) is 6.61 Å². The highest BCUT2D eigenvalue weighted by Gasteiger charge is 2.21. The molecule has 0 aliphatic carbocycles. The van der Waals surface area contributed by atoms with Crippen molar-refractivity contribution in [1.82, 2.24) is 10.2 Å². The Morgan fingerprint density at radius 3 is 3.05 bits per heavy atom. The average Bonchev–Trinajstić information content (AvgIpc) is 2.53. The number of carbonyl (C=O) groups is 1. The van der Waals surface area contributed by atoms with Crippen molar-refractivity contribution in [2.75, 3.05) is 26.2 Å². The van der Waals surface area contributed by atoms with Gasteiger partial charge in [0.2, 0.25) is 0 Å². The van der Waals surface area contributed by atoms with E-state index >= 15 is 0 Å². The van der Waals surface area contributed by atoms with Gasteiger partial charge in [-0.3, -0.25) is 4.79 Å². The number of amides is 1. The maximum atomic E-state index is 12.4. The van der Waals surface area contributed by atoms with E-state index in [0.717, 1.165) is 32.5 Å². The smallest absolute Gasteiger partial charge is 0.252 e. The van der Waals surface area contributed by atoms with Crippen molar-refractivity contribution in [2.45, 2.75) is 25.8 Å². The van der Waals surface area contributed by atoms with Gasteiger partial charge in [-0.1, -0.05) is 30.9 Å². The van der Waals surface area contributed by atoms with E-state index in [1.807, 2.05) is 12.1 Å². The Labute approximate surface area is 126 Å². The van der Waals surface area contributed by atoms with E-state index in [2.05, 4.69) is 29.0 Å². The summed E-state index contributed by atoms with van der Waals surface area (Å²) in [6, 6.07) is 7.45. The number of hydrogen-bond donors (Lipinski definition) is 2. The van der Waals surface area contributed by atoms with Crippen LogP contribution in [0.25, 0.3) is 0 Å². The SMILES string of the molecule is CCN1CCCC(NC(=O)c2ccccc2C#CCO)C1. The van der Waals surface area contributed by atoms with Gasteiger partial charge < -0.3 is 15.3 Å². The summed E-state index contributed by atoms with van der Waals surface area (Å²) in [7, 11) is 0. The maximum absolute atomic E-state index is 12.4. The molecular weight excluding hydrogens is 264 g/mol. The second-order valence-electron chi connectivity index (χ2n) is 5.21. The number of aliphatic hydroxyl groups excluding tert-OH is 1. The Kier molecular flexibility index (Phi) is 5.79. The Hall–Kier alpha value is -1.83. The van der Waals surface area contributed by atoms with E-state index in [4.69, 9.17) is 5.11 Å². The summed E-state index contributed by atoms with van der Waals surface area (Å²) in [5.74, 6) is 5.34. The molecule has 0 aromatic heterocycles. The highest BCUT2D eigenvalue weighted by atomic mass is 16.2. The summed E-state index contributed by atoms with van der Waals surface area (Å²) < 4.78 is 0. The van der Waals surface area contributed by atoms with Crippen LogP contribution in [-0.4, -0.2) is 48.2 Å². The van der Waals surface area contributed by atoms with E-state index in [9.17, 15) is 4.79 Å². The van der Waals surface area contributed by atoms with Gasteiger partial charge in [-0.2, -0.15) is 0 Å². The fourth-order valence-electron chi connectivity index (χ4n) is 2.65. The summed E-state index contributed by atoms with van der Waals surface area (Å²) >= 11 is 0. The molecule has 1 unspecified atom stereocenters. The Bertz CT molecular complexity index is 545. The van der Waals surface area contributed by atoms with Crippen molar-refractivity contribution in [1.29, 1.82) is 0 Å². The first-order valence-corrected chi connectivity index (χ1v) is 7.46. The molecule has 0 bridgehead atoms. The fraction of sp³-hybridized carbons (Fsp3) is 0.471. The number of benzene rings is 1. The molecule has 4 nitrogen and oxygen atoms in total. The zero-order valence-corrected chi connectivity index (χ0v) is 12.4. The first-order valence-electron chi connectivity index (χ1n) is 7.46.